The van der Waals surface area contributed by atoms with Crippen molar-refractivity contribution in [3.63, 3.8) is 0 Å². The zero-order valence-electron chi connectivity index (χ0n) is 11.0. The van der Waals surface area contributed by atoms with Crippen LogP contribution in [0.5, 0.6) is 5.75 Å². The number of amides is 1. The average Bonchev–Trinajstić information content (AvgIpc) is 2.34. The number of anilines is 1. The van der Waals surface area contributed by atoms with Crippen molar-refractivity contribution in [2.75, 3.05) is 19.4 Å². The molecule has 1 atom stereocenters. The predicted molar refractivity (Wildman–Crippen MR) is 71.2 cm³/mol. The molecule has 98 valence electrons. The van der Waals surface area contributed by atoms with Gasteiger partial charge in [-0.1, -0.05) is 6.92 Å². The number of hydrogen-bond acceptors (Lipinski definition) is 3. The van der Waals surface area contributed by atoms with Crippen LogP contribution in [0.1, 0.15) is 25.3 Å². The van der Waals surface area contributed by atoms with Crippen molar-refractivity contribution in [1.82, 2.24) is 4.90 Å². The Bertz CT molecular complexity index is 445. The fourth-order valence-electron chi connectivity index (χ4n) is 2.41. The Morgan fingerprint density at radius 1 is 1.44 bits per heavy atom. The molecule has 4 heteroatoms. The van der Waals surface area contributed by atoms with Gasteiger partial charge in [0.15, 0.2) is 0 Å². The molecular weight excluding hydrogens is 228 g/mol. The summed E-state index contributed by atoms with van der Waals surface area (Å²) in [6.07, 6.45) is 2.07. The Balaban J connectivity index is 2.13. The Labute approximate surface area is 108 Å². The number of carbonyl (C=O) groups is 1. The monoisotopic (exact) mass is 248 g/mol. The second-order valence-electron chi connectivity index (χ2n) is 4.92. The highest BCUT2D eigenvalue weighted by atomic mass is 16.5. The van der Waals surface area contributed by atoms with Crippen molar-refractivity contribution < 1.29 is 9.53 Å². The first-order chi connectivity index (χ1) is 8.60. The van der Waals surface area contributed by atoms with Crippen LogP contribution in [-0.4, -0.2) is 24.5 Å². The number of methoxy groups -OCH3 is 1. The van der Waals surface area contributed by atoms with E-state index in [4.69, 9.17) is 10.5 Å². The standard InChI is InChI=1S/C14H20N2O2/c1-10-4-3-5-16(14(10)17)9-11-6-12(15)8-13(7-11)18-2/h6-8,10H,3-5,9,15H2,1-2H3. The van der Waals surface area contributed by atoms with Crippen LogP contribution in [0.25, 0.3) is 0 Å². The number of likely N-dealkylation sites (tertiary alicyclic amines) is 1. The van der Waals surface area contributed by atoms with E-state index < -0.39 is 0 Å². The molecule has 0 saturated carbocycles. The van der Waals surface area contributed by atoms with E-state index in [1.54, 1.807) is 13.2 Å². The zero-order chi connectivity index (χ0) is 13.1. The molecule has 0 radical (unpaired) electrons. The summed E-state index contributed by atoms with van der Waals surface area (Å²) < 4.78 is 5.19. The average molecular weight is 248 g/mol. The highest BCUT2D eigenvalue weighted by Crippen LogP contribution is 2.23. The van der Waals surface area contributed by atoms with Gasteiger partial charge in [0.2, 0.25) is 5.91 Å². The Morgan fingerprint density at radius 2 is 2.22 bits per heavy atom. The van der Waals surface area contributed by atoms with Gasteiger partial charge in [-0.05, 0) is 30.5 Å². The summed E-state index contributed by atoms with van der Waals surface area (Å²) in [6, 6.07) is 5.61. The summed E-state index contributed by atoms with van der Waals surface area (Å²) in [5, 5.41) is 0. The molecule has 0 bridgehead atoms. The minimum absolute atomic E-state index is 0.140. The van der Waals surface area contributed by atoms with E-state index in [-0.39, 0.29) is 11.8 Å². The number of piperidine rings is 1. The van der Waals surface area contributed by atoms with Gasteiger partial charge in [0.25, 0.3) is 0 Å². The maximum Gasteiger partial charge on any atom is 0.225 e. The number of benzene rings is 1. The summed E-state index contributed by atoms with van der Waals surface area (Å²) in [5.74, 6) is 1.12. The zero-order valence-corrected chi connectivity index (χ0v) is 11.0. The highest BCUT2D eigenvalue weighted by molar-refractivity contribution is 5.79. The molecule has 1 unspecified atom stereocenters. The van der Waals surface area contributed by atoms with Crippen LogP contribution in [0.15, 0.2) is 18.2 Å². The van der Waals surface area contributed by atoms with Crippen molar-refractivity contribution in [2.24, 2.45) is 5.92 Å². The predicted octanol–water partition coefficient (Wildman–Crippen LogP) is 2.04. The number of nitrogens with two attached hydrogens (primary N) is 1. The molecule has 0 spiro atoms. The lowest BCUT2D eigenvalue weighted by atomic mass is 9.98. The van der Waals surface area contributed by atoms with Crippen molar-refractivity contribution in [3.05, 3.63) is 23.8 Å². The van der Waals surface area contributed by atoms with Crippen LogP contribution in [0, 0.1) is 5.92 Å². The van der Waals surface area contributed by atoms with Crippen molar-refractivity contribution >= 4 is 11.6 Å². The number of nitrogen functional groups attached to an aromatic ring is 1. The second-order valence-corrected chi connectivity index (χ2v) is 4.92. The third-order valence-electron chi connectivity index (χ3n) is 3.40. The molecule has 0 aromatic heterocycles. The molecule has 1 saturated heterocycles. The van der Waals surface area contributed by atoms with E-state index in [2.05, 4.69) is 0 Å². The largest absolute Gasteiger partial charge is 0.497 e. The minimum atomic E-state index is 0.140. The number of nitrogens with zero attached hydrogens (tertiary/aromatic N) is 1. The highest BCUT2D eigenvalue weighted by Gasteiger charge is 2.24. The molecule has 1 heterocycles. The third-order valence-corrected chi connectivity index (χ3v) is 3.40. The third kappa shape index (κ3) is 2.75. The van der Waals surface area contributed by atoms with Gasteiger partial charge in [-0.2, -0.15) is 0 Å². The minimum Gasteiger partial charge on any atom is -0.497 e. The lowest BCUT2D eigenvalue weighted by molar-refractivity contribution is -0.138. The van der Waals surface area contributed by atoms with E-state index in [0.717, 1.165) is 30.7 Å². The van der Waals surface area contributed by atoms with Crippen LogP contribution >= 0.6 is 0 Å². The molecule has 18 heavy (non-hydrogen) atoms. The summed E-state index contributed by atoms with van der Waals surface area (Å²) in [5.41, 5.74) is 7.51. The van der Waals surface area contributed by atoms with Crippen molar-refractivity contribution in [2.45, 2.75) is 26.3 Å². The van der Waals surface area contributed by atoms with Crippen molar-refractivity contribution in [1.29, 1.82) is 0 Å². The molecule has 1 fully saturated rings. The molecule has 1 aromatic carbocycles. The van der Waals surface area contributed by atoms with E-state index in [1.165, 1.54) is 0 Å². The van der Waals surface area contributed by atoms with Crippen LogP contribution in [0.4, 0.5) is 5.69 Å². The Hall–Kier alpha value is -1.71. The Morgan fingerprint density at radius 3 is 2.94 bits per heavy atom. The number of rotatable bonds is 3. The fraction of sp³-hybridized carbons (Fsp3) is 0.500. The molecular formula is C14H20N2O2. The van der Waals surface area contributed by atoms with Gasteiger partial charge in [-0.3, -0.25) is 4.79 Å². The fourth-order valence-corrected chi connectivity index (χ4v) is 2.41. The lowest BCUT2D eigenvalue weighted by Crippen LogP contribution is -2.39. The summed E-state index contributed by atoms with van der Waals surface area (Å²) in [6.45, 7) is 3.44. The van der Waals surface area contributed by atoms with Gasteiger partial charge in [-0.15, -0.1) is 0 Å². The number of hydrogen-bond donors (Lipinski definition) is 1. The van der Waals surface area contributed by atoms with E-state index in [1.807, 2.05) is 24.0 Å². The van der Waals surface area contributed by atoms with Gasteiger partial charge >= 0.3 is 0 Å². The first kappa shape index (κ1) is 12.7. The molecule has 4 nitrogen and oxygen atoms in total. The van der Waals surface area contributed by atoms with E-state index in [0.29, 0.717) is 12.2 Å². The van der Waals surface area contributed by atoms with Crippen LogP contribution in [0.2, 0.25) is 0 Å². The normalized spacial score (nSPS) is 20.0. The van der Waals surface area contributed by atoms with Crippen LogP contribution < -0.4 is 10.5 Å². The molecule has 1 amide bonds. The molecule has 1 aliphatic rings. The van der Waals surface area contributed by atoms with Crippen LogP contribution in [0.3, 0.4) is 0 Å². The van der Waals surface area contributed by atoms with E-state index >= 15 is 0 Å². The van der Waals surface area contributed by atoms with Crippen molar-refractivity contribution in [3.8, 4) is 5.75 Å². The van der Waals surface area contributed by atoms with E-state index in [9.17, 15) is 4.79 Å². The maximum absolute atomic E-state index is 12.0. The maximum atomic E-state index is 12.0. The molecule has 2 rings (SSSR count). The van der Waals surface area contributed by atoms with Gasteiger partial charge in [-0.25, -0.2) is 0 Å². The smallest absolute Gasteiger partial charge is 0.225 e. The summed E-state index contributed by atoms with van der Waals surface area (Å²) >= 11 is 0. The molecule has 2 N–H and O–H groups in total. The summed E-state index contributed by atoms with van der Waals surface area (Å²) in [4.78, 5) is 13.9. The SMILES string of the molecule is COc1cc(N)cc(CN2CCCC(C)C2=O)c1. The first-order valence-electron chi connectivity index (χ1n) is 6.32. The molecule has 1 aliphatic heterocycles. The van der Waals surface area contributed by atoms with Gasteiger partial charge in [0, 0.05) is 30.8 Å². The summed E-state index contributed by atoms with van der Waals surface area (Å²) in [7, 11) is 1.62. The van der Waals surface area contributed by atoms with Gasteiger partial charge < -0.3 is 15.4 Å². The quantitative estimate of drug-likeness (QED) is 0.833. The molecule has 1 aromatic rings. The van der Waals surface area contributed by atoms with Gasteiger partial charge in [0.1, 0.15) is 5.75 Å². The lowest BCUT2D eigenvalue weighted by Gasteiger charge is -2.30. The number of carbonyl (C=O) groups excluding carboxylic acids is 1. The van der Waals surface area contributed by atoms with Crippen LogP contribution in [-0.2, 0) is 11.3 Å². The topological polar surface area (TPSA) is 55.6 Å². The number of ether oxygens (including phenoxy) is 1. The Kier molecular flexibility index (Phi) is 3.75. The molecule has 0 aliphatic carbocycles. The first-order valence-corrected chi connectivity index (χ1v) is 6.32. The second kappa shape index (κ2) is 5.29. The van der Waals surface area contributed by atoms with Gasteiger partial charge in [0.05, 0.1) is 7.11 Å².